The van der Waals surface area contributed by atoms with E-state index in [9.17, 15) is 14.7 Å². The molecule has 0 aliphatic carbocycles. The van der Waals surface area contributed by atoms with Gasteiger partial charge in [-0.25, -0.2) is 4.79 Å². The minimum atomic E-state index is -0.885. The average molecular weight is 378 g/mol. The number of aromatic hydroxyl groups is 1. The molecule has 1 aromatic heterocycles. The van der Waals surface area contributed by atoms with Gasteiger partial charge < -0.3 is 28.5 Å². The van der Waals surface area contributed by atoms with E-state index in [0.29, 0.717) is 17.1 Å². The highest BCUT2D eigenvalue weighted by atomic mass is 16.5. The maximum absolute atomic E-state index is 12.4. The van der Waals surface area contributed by atoms with Gasteiger partial charge in [-0.3, -0.25) is 4.79 Å². The summed E-state index contributed by atoms with van der Waals surface area (Å²) in [4.78, 5) is 24.4. The molecular formula is C19H22O8. The van der Waals surface area contributed by atoms with Crippen LogP contribution in [0.2, 0.25) is 0 Å². The second-order valence-electron chi connectivity index (χ2n) is 5.70. The topological polar surface area (TPSA) is 104 Å². The average Bonchev–Trinajstić information content (AvgIpc) is 2.64. The standard InChI is InChI=1S/C19H22O8/c1-10-8-13(20)16(19(22)27-10)12(9-15(21)24-3)11-6-7-14(23-2)18(26-5)17(11)25-4/h6-8,12,20H,9H2,1-5H3. The van der Waals surface area contributed by atoms with Crippen molar-refractivity contribution in [2.45, 2.75) is 19.3 Å². The van der Waals surface area contributed by atoms with Gasteiger partial charge in [-0.2, -0.15) is 0 Å². The molecule has 0 bridgehead atoms. The van der Waals surface area contributed by atoms with Crippen LogP contribution < -0.4 is 19.8 Å². The Hall–Kier alpha value is -3.16. The molecule has 2 aromatic rings. The molecule has 0 aliphatic rings. The third-order valence-electron chi connectivity index (χ3n) is 4.15. The lowest BCUT2D eigenvalue weighted by molar-refractivity contribution is -0.140. The second-order valence-corrected chi connectivity index (χ2v) is 5.70. The summed E-state index contributed by atoms with van der Waals surface area (Å²) in [6, 6.07) is 4.56. The highest BCUT2D eigenvalue weighted by Gasteiger charge is 2.30. The Labute approximate surface area is 156 Å². The Balaban J connectivity index is 2.77. The number of esters is 1. The van der Waals surface area contributed by atoms with Gasteiger partial charge in [0.25, 0.3) is 0 Å². The molecule has 8 nitrogen and oxygen atoms in total. The summed E-state index contributed by atoms with van der Waals surface area (Å²) in [5.74, 6) is -0.518. The Morgan fingerprint density at radius 2 is 1.78 bits per heavy atom. The number of methoxy groups -OCH3 is 4. The highest BCUT2D eigenvalue weighted by molar-refractivity contribution is 5.72. The van der Waals surface area contributed by atoms with E-state index in [4.69, 9.17) is 23.4 Å². The number of hydrogen-bond donors (Lipinski definition) is 1. The van der Waals surface area contributed by atoms with Gasteiger partial charge in [0.05, 0.1) is 40.4 Å². The first kappa shape index (κ1) is 20.2. The van der Waals surface area contributed by atoms with Crippen LogP contribution in [0.3, 0.4) is 0 Å². The van der Waals surface area contributed by atoms with Crippen molar-refractivity contribution in [3.8, 4) is 23.0 Å². The van der Waals surface area contributed by atoms with Gasteiger partial charge in [-0.15, -0.1) is 0 Å². The molecule has 146 valence electrons. The van der Waals surface area contributed by atoms with Crippen LogP contribution in [0.4, 0.5) is 0 Å². The van der Waals surface area contributed by atoms with Crippen LogP contribution in [0, 0.1) is 6.92 Å². The van der Waals surface area contributed by atoms with Gasteiger partial charge in [0.2, 0.25) is 5.75 Å². The fourth-order valence-corrected chi connectivity index (χ4v) is 2.94. The molecule has 8 heteroatoms. The molecule has 1 atom stereocenters. The molecule has 0 radical (unpaired) electrons. The van der Waals surface area contributed by atoms with E-state index in [0.717, 1.165) is 0 Å². The number of rotatable bonds is 7. The zero-order valence-corrected chi connectivity index (χ0v) is 15.8. The van der Waals surface area contributed by atoms with Crippen LogP contribution in [0.25, 0.3) is 0 Å². The molecule has 0 saturated carbocycles. The molecule has 0 aliphatic heterocycles. The smallest absolute Gasteiger partial charge is 0.343 e. The van der Waals surface area contributed by atoms with Crippen LogP contribution in [0.1, 0.15) is 29.2 Å². The largest absolute Gasteiger partial charge is 0.507 e. The van der Waals surface area contributed by atoms with Gasteiger partial charge >= 0.3 is 11.6 Å². The van der Waals surface area contributed by atoms with Crippen molar-refractivity contribution in [2.75, 3.05) is 28.4 Å². The first-order valence-corrected chi connectivity index (χ1v) is 8.07. The zero-order chi connectivity index (χ0) is 20.1. The molecule has 0 saturated heterocycles. The molecule has 1 aromatic carbocycles. The van der Waals surface area contributed by atoms with Crippen molar-refractivity contribution in [3.63, 3.8) is 0 Å². The van der Waals surface area contributed by atoms with Gasteiger partial charge in [0.15, 0.2) is 11.5 Å². The summed E-state index contributed by atoms with van der Waals surface area (Å²) in [6.45, 7) is 1.54. The fraction of sp³-hybridized carbons (Fsp3) is 0.368. The third kappa shape index (κ3) is 3.99. The SMILES string of the molecule is COC(=O)CC(c1ccc(OC)c(OC)c1OC)c1c(O)cc(C)oc1=O. The molecule has 0 spiro atoms. The predicted octanol–water partition coefficient (Wildman–Crippen LogP) is 2.37. The van der Waals surface area contributed by atoms with Crippen LogP contribution >= 0.6 is 0 Å². The quantitative estimate of drug-likeness (QED) is 0.732. The van der Waals surface area contributed by atoms with Crippen molar-refractivity contribution >= 4 is 5.97 Å². The third-order valence-corrected chi connectivity index (χ3v) is 4.15. The lowest BCUT2D eigenvalue weighted by Crippen LogP contribution is -2.19. The fourth-order valence-electron chi connectivity index (χ4n) is 2.94. The van der Waals surface area contributed by atoms with Crippen LogP contribution in [0.5, 0.6) is 23.0 Å². The Morgan fingerprint density at radius 3 is 2.30 bits per heavy atom. The van der Waals surface area contributed by atoms with E-state index in [2.05, 4.69) is 0 Å². The van der Waals surface area contributed by atoms with Crippen LogP contribution in [-0.2, 0) is 9.53 Å². The van der Waals surface area contributed by atoms with Crippen molar-refractivity contribution < 1.29 is 33.3 Å². The molecule has 27 heavy (non-hydrogen) atoms. The monoisotopic (exact) mass is 378 g/mol. The summed E-state index contributed by atoms with van der Waals surface area (Å²) in [7, 11) is 5.58. The maximum Gasteiger partial charge on any atom is 0.343 e. The highest BCUT2D eigenvalue weighted by Crippen LogP contribution is 2.45. The van der Waals surface area contributed by atoms with Gasteiger partial charge in [-0.1, -0.05) is 6.07 Å². The molecule has 1 N–H and O–H groups in total. The Kier molecular flexibility index (Phi) is 6.33. The molecule has 1 unspecified atom stereocenters. The minimum Gasteiger partial charge on any atom is -0.507 e. The number of carbonyl (C=O) groups is 1. The summed E-state index contributed by atoms with van der Waals surface area (Å²) in [5.41, 5.74) is -0.387. The number of hydrogen-bond acceptors (Lipinski definition) is 8. The summed E-state index contributed by atoms with van der Waals surface area (Å²) < 4.78 is 26.0. The minimum absolute atomic E-state index is 0.0727. The number of aryl methyl sites for hydroxylation is 1. The predicted molar refractivity (Wildman–Crippen MR) is 96.0 cm³/mol. The molecule has 2 rings (SSSR count). The molecule has 1 heterocycles. The normalized spacial score (nSPS) is 11.6. The summed E-state index contributed by atoms with van der Waals surface area (Å²) >= 11 is 0. The van der Waals surface area contributed by atoms with E-state index in [1.165, 1.54) is 41.4 Å². The van der Waals surface area contributed by atoms with E-state index in [1.54, 1.807) is 12.1 Å². The van der Waals surface area contributed by atoms with E-state index >= 15 is 0 Å². The summed E-state index contributed by atoms with van der Waals surface area (Å²) in [5, 5.41) is 10.4. The molecule has 0 amide bonds. The van der Waals surface area contributed by atoms with E-state index in [-0.39, 0.29) is 29.2 Å². The van der Waals surface area contributed by atoms with Gasteiger partial charge in [-0.05, 0) is 13.0 Å². The van der Waals surface area contributed by atoms with Gasteiger partial charge in [0.1, 0.15) is 11.5 Å². The maximum atomic E-state index is 12.4. The van der Waals surface area contributed by atoms with Crippen molar-refractivity contribution in [1.29, 1.82) is 0 Å². The first-order valence-electron chi connectivity index (χ1n) is 8.07. The number of carbonyl (C=O) groups excluding carboxylic acids is 1. The number of ether oxygens (including phenoxy) is 4. The lowest BCUT2D eigenvalue weighted by Gasteiger charge is -2.22. The molecule has 0 fully saturated rings. The van der Waals surface area contributed by atoms with Crippen LogP contribution in [0.15, 0.2) is 27.4 Å². The zero-order valence-electron chi connectivity index (χ0n) is 15.8. The Bertz CT molecular complexity index is 884. The molecular weight excluding hydrogens is 356 g/mol. The van der Waals surface area contributed by atoms with Gasteiger partial charge in [0, 0.05) is 17.5 Å². The number of benzene rings is 1. The van der Waals surface area contributed by atoms with E-state index < -0.39 is 17.5 Å². The Morgan fingerprint density at radius 1 is 1.11 bits per heavy atom. The first-order chi connectivity index (χ1) is 12.9. The van der Waals surface area contributed by atoms with E-state index in [1.807, 2.05) is 0 Å². The van der Waals surface area contributed by atoms with Crippen molar-refractivity contribution in [1.82, 2.24) is 0 Å². The lowest BCUT2D eigenvalue weighted by atomic mass is 9.87. The summed E-state index contributed by atoms with van der Waals surface area (Å²) in [6.07, 6.45) is -0.219. The van der Waals surface area contributed by atoms with Crippen LogP contribution in [-0.4, -0.2) is 39.5 Å². The van der Waals surface area contributed by atoms with Crippen molar-refractivity contribution in [2.24, 2.45) is 0 Å². The second kappa shape index (κ2) is 8.48. The van der Waals surface area contributed by atoms with Crippen molar-refractivity contribution in [3.05, 3.63) is 45.5 Å².